The molecule has 0 spiro atoms. The molecule has 0 aliphatic carbocycles. The molecule has 1 amide bonds. The Hall–Kier alpha value is -3.55. The highest BCUT2D eigenvalue weighted by Crippen LogP contribution is 2.39. The van der Waals surface area contributed by atoms with Gasteiger partial charge in [0.25, 0.3) is 11.6 Å². The number of hydrogen-bond acceptors (Lipinski definition) is 5. The van der Waals surface area contributed by atoms with Crippen molar-refractivity contribution in [2.75, 3.05) is 0 Å². The molecule has 25 heavy (non-hydrogen) atoms. The summed E-state index contributed by atoms with van der Waals surface area (Å²) in [6.07, 6.45) is 0. The highest BCUT2D eigenvalue weighted by Gasteiger charge is 2.17. The summed E-state index contributed by atoms with van der Waals surface area (Å²) in [5.74, 6) is -0.880. The van der Waals surface area contributed by atoms with Crippen LogP contribution in [0.4, 0.5) is 11.4 Å². The lowest BCUT2D eigenvalue weighted by atomic mass is 10.1. The van der Waals surface area contributed by atoms with Crippen LogP contribution >= 0.6 is 0 Å². The molecule has 3 aromatic rings. The quantitative estimate of drug-likeness (QED) is 0.419. The predicted molar refractivity (Wildman–Crippen MR) is 91.4 cm³/mol. The maximum absolute atomic E-state index is 12.1. The van der Waals surface area contributed by atoms with Crippen LogP contribution in [0.3, 0.4) is 0 Å². The second kappa shape index (κ2) is 6.16. The molecule has 1 aromatic heterocycles. The smallest absolute Gasteiger partial charge is 0.295 e. The number of amides is 1. The molecule has 0 saturated heterocycles. The average Bonchev–Trinajstić information content (AvgIpc) is 2.89. The number of aromatic hydroxyl groups is 1. The molecule has 126 valence electrons. The molecule has 0 bridgehead atoms. The van der Waals surface area contributed by atoms with Crippen LogP contribution in [0.2, 0.25) is 0 Å². The number of aromatic nitrogens is 1. The molecular formula is C17H14N4O4. The van der Waals surface area contributed by atoms with Crippen molar-refractivity contribution < 1.29 is 14.8 Å². The summed E-state index contributed by atoms with van der Waals surface area (Å²) in [5.41, 5.74) is 2.29. The van der Waals surface area contributed by atoms with E-state index in [9.17, 15) is 20.0 Å². The topological polar surface area (TPSA) is 121 Å². The molecule has 2 N–H and O–H groups in total. The molecule has 0 aliphatic heterocycles. The molecule has 0 radical (unpaired) electrons. The molecule has 8 nitrogen and oxygen atoms in total. The Kier molecular flexibility index (Phi) is 4.02. The van der Waals surface area contributed by atoms with Gasteiger partial charge in [-0.2, -0.15) is 0 Å². The molecule has 0 unspecified atom stereocenters. The molecule has 8 heteroatoms. The van der Waals surface area contributed by atoms with Crippen LogP contribution in [0.15, 0.2) is 46.6 Å². The summed E-state index contributed by atoms with van der Waals surface area (Å²) in [5, 5.41) is 28.8. The number of benzene rings is 2. The molecule has 0 aliphatic rings. The van der Waals surface area contributed by atoms with Gasteiger partial charge in [-0.05, 0) is 31.5 Å². The van der Waals surface area contributed by atoms with Crippen molar-refractivity contribution in [3.63, 3.8) is 0 Å². The van der Waals surface area contributed by atoms with Crippen LogP contribution in [0, 0.1) is 24.0 Å². The second-order valence-electron chi connectivity index (χ2n) is 5.64. The van der Waals surface area contributed by atoms with Crippen LogP contribution in [0.25, 0.3) is 10.9 Å². The lowest BCUT2D eigenvalue weighted by Crippen LogP contribution is -1.93. The molecule has 1 heterocycles. The third-order valence-corrected chi connectivity index (χ3v) is 3.79. The van der Waals surface area contributed by atoms with Gasteiger partial charge in [0.1, 0.15) is 0 Å². The number of rotatable bonds is 3. The number of non-ortho nitro benzene ring substituents is 1. The number of aryl methyl sites for hydroxylation is 2. The molecule has 0 fully saturated rings. The number of fused-ring (bicyclic) bond motifs is 1. The zero-order valence-electron chi connectivity index (χ0n) is 13.5. The van der Waals surface area contributed by atoms with Gasteiger partial charge in [0.2, 0.25) is 5.88 Å². The van der Waals surface area contributed by atoms with Crippen molar-refractivity contribution >= 4 is 28.2 Å². The number of nitrogens with one attached hydrogen (secondary N) is 1. The second-order valence-corrected chi connectivity index (χ2v) is 5.64. The van der Waals surface area contributed by atoms with E-state index in [1.807, 2.05) is 6.92 Å². The number of carbonyl (C=O) groups is 1. The van der Waals surface area contributed by atoms with E-state index in [2.05, 4.69) is 15.2 Å². The first-order valence-corrected chi connectivity index (χ1v) is 7.39. The van der Waals surface area contributed by atoms with Crippen LogP contribution in [0.1, 0.15) is 21.5 Å². The highest BCUT2D eigenvalue weighted by atomic mass is 16.6. The first kappa shape index (κ1) is 16.3. The Balaban J connectivity index is 2.03. The Morgan fingerprint density at radius 2 is 1.88 bits per heavy atom. The number of nitro benzene ring substituents is 1. The van der Waals surface area contributed by atoms with Crippen molar-refractivity contribution in [1.82, 2.24) is 4.98 Å². The zero-order valence-corrected chi connectivity index (χ0v) is 13.5. The van der Waals surface area contributed by atoms with Gasteiger partial charge in [0.05, 0.1) is 10.4 Å². The lowest BCUT2D eigenvalue weighted by Gasteiger charge is -1.98. The minimum absolute atomic E-state index is 0.0118. The number of carbonyl (C=O) groups excluding carboxylic acids is 1. The van der Waals surface area contributed by atoms with Crippen molar-refractivity contribution in [2.24, 2.45) is 10.2 Å². The van der Waals surface area contributed by atoms with Gasteiger partial charge in [-0.25, -0.2) is 0 Å². The first-order valence-electron chi connectivity index (χ1n) is 7.39. The number of H-pyrrole nitrogens is 1. The van der Waals surface area contributed by atoms with Gasteiger partial charge < -0.3 is 10.1 Å². The number of nitro groups is 1. The molecule has 0 atom stereocenters. The van der Waals surface area contributed by atoms with E-state index in [0.717, 1.165) is 5.56 Å². The monoisotopic (exact) mass is 338 g/mol. The van der Waals surface area contributed by atoms with Gasteiger partial charge in [-0.3, -0.25) is 14.9 Å². The number of nitrogens with zero attached hydrogens (tertiary/aromatic N) is 3. The number of hydrogen-bond donors (Lipinski definition) is 2. The summed E-state index contributed by atoms with van der Waals surface area (Å²) in [7, 11) is 0. The minimum Gasteiger partial charge on any atom is -0.493 e. The normalized spacial score (nSPS) is 11.3. The summed E-state index contributed by atoms with van der Waals surface area (Å²) in [6.45, 7) is 3.57. The van der Waals surface area contributed by atoms with Crippen LogP contribution in [-0.4, -0.2) is 20.9 Å². The fraction of sp³-hybridized carbons (Fsp3) is 0.118. The molecule has 0 saturated carbocycles. The van der Waals surface area contributed by atoms with Gasteiger partial charge >= 0.3 is 0 Å². The van der Waals surface area contributed by atoms with Crippen LogP contribution in [-0.2, 0) is 0 Å². The largest absolute Gasteiger partial charge is 0.493 e. The van der Waals surface area contributed by atoms with Crippen molar-refractivity contribution in [1.29, 1.82) is 0 Å². The third kappa shape index (κ3) is 3.09. The number of azo groups is 1. The van der Waals surface area contributed by atoms with Crippen molar-refractivity contribution in [2.45, 2.75) is 13.8 Å². The maximum Gasteiger partial charge on any atom is 0.295 e. The predicted octanol–water partition coefficient (Wildman–Crippen LogP) is 4.32. The van der Waals surface area contributed by atoms with E-state index in [1.54, 1.807) is 31.2 Å². The summed E-state index contributed by atoms with van der Waals surface area (Å²) < 4.78 is 0. The Morgan fingerprint density at radius 1 is 1.20 bits per heavy atom. The van der Waals surface area contributed by atoms with Gasteiger partial charge in [0.15, 0.2) is 5.69 Å². The lowest BCUT2D eigenvalue weighted by molar-refractivity contribution is -0.384. The van der Waals surface area contributed by atoms with Gasteiger partial charge in [-0.1, -0.05) is 17.7 Å². The SMILES string of the molecule is Cc1ccc(C(=O)N=Nc2c(O)[nH]c3c(C)cc([N+](=O)[O-])cc23)cc1. The van der Waals surface area contributed by atoms with E-state index < -0.39 is 10.8 Å². The molecule has 2 aromatic carbocycles. The first-order chi connectivity index (χ1) is 11.9. The maximum atomic E-state index is 12.1. The van der Waals surface area contributed by atoms with E-state index in [0.29, 0.717) is 22.0 Å². The highest BCUT2D eigenvalue weighted by molar-refractivity contribution is 5.98. The fourth-order valence-corrected chi connectivity index (χ4v) is 2.48. The van der Waals surface area contributed by atoms with Crippen LogP contribution in [0.5, 0.6) is 5.88 Å². The Bertz CT molecular complexity index is 1020. The number of aromatic amines is 1. The van der Waals surface area contributed by atoms with E-state index >= 15 is 0 Å². The third-order valence-electron chi connectivity index (χ3n) is 3.79. The Labute approximate surface area is 142 Å². The molecular weight excluding hydrogens is 324 g/mol. The summed E-state index contributed by atoms with van der Waals surface area (Å²) in [4.78, 5) is 25.3. The fourth-order valence-electron chi connectivity index (χ4n) is 2.48. The van der Waals surface area contributed by atoms with Gasteiger partial charge in [-0.15, -0.1) is 10.2 Å². The molecule has 3 rings (SSSR count). The standard InChI is InChI=1S/C17H14N4O4/c1-9-3-5-11(6-4-9)16(22)20-19-15-13-8-12(21(24)25)7-10(2)14(13)18-17(15)23/h3-8,18,23H,1-2H3. The average molecular weight is 338 g/mol. The van der Waals surface area contributed by atoms with Crippen LogP contribution < -0.4 is 0 Å². The van der Waals surface area contributed by atoms with E-state index in [1.165, 1.54) is 12.1 Å². The van der Waals surface area contributed by atoms with Crippen molar-refractivity contribution in [3.8, 4) is 5.88 Å². The van der Waals surface area contributed by atoms with E-state index in [4.69, 9.17) is 0 Å². The summed E-state index contributed by atoms with van der Waals surface area (Å²) in [6, 6.07) is 9.47. The summed E-state index contributed by atoms with van der Waals surface area (Å²) >= 11 is 0. The Morgan fingerprint density at radius 3 is 2.52 bits per heavy atom. The van der Waals surface area contributed by atoms with Crippen molar-refractivity contribution in [3.05, 3.63) is 63.2 Å². The van der Waals surface area contributed by atoms with Gasteiger partial charge in [0, 0.05) is 23.1 Å². The minimum atomic E-state index is -0.573. The zero-order chi connectivity index (χ0) is 18.1. The van der Waals surface area contributed by atoms with E-state index in [-0.39, 0.29) is 17.3 Å².